The molecule has 1 amide bonds. The monoisotopic (exact) mass is 264 g/mol. The molecule has 4 heteroatoms. The number of carbonyl (C=O) groups is 1. The van der Waals surface area contributed by atoms with Crippen LogP contribution in [0.4, 0.5) is 0 Å². The Morgan fingerprint density at radius 2 is 2.32 bits per heavy atom. The fourth-order valence-electron chi connectivity index (χ4n) is 2.65. The Balaban J connectivity index is 2.17. The average molecular weight is 264 g/mol. The van der Waals surface area contributed by atoms with E-state index in [1.165, 1.54) is 0 Å². The minimum Gasteiger partial charge on any atom is -0.459 e. The summed E-state index contributed by atoms with van der Waals surface area (Å²) in [6, 6.07) is 3.74. The Kier molecular flexibility index (Phi) is 3.99. The van der Waals surface area contributed by atoms with E-state index in [9.17, 15) is 4.79 Å². The van der Waals surface area contributed by atoms with Crippen LogP contribution in [0.3, 0.4) is 0 Å². The number of furan rings is 1. The smallest absolute Gasteiger partial charge is 0.289 e. The Morgan fingerprint density at radius 1 is 1.58 bits per heavy atom. The summed E-state index contributed by atoms with van der Waals surface area (Å²) >= 11 is 0. The number of piperazine rings is 1. The summed E-state index contributed by atoms with van der Waals surface area (Å²) in [7, 11) is 0. The van der Waals surface area contributed by atoms with Crippen LogP contribution in [0.5, 0.6) is 0 Å². The van der Waals surface area contributed by atoms with Gasteiger partial charge in [-0.2, -0.15) is 0 Å². The topological polar surface area (TPSA) is 45.5 Å². The first-order valence-corrected chi connectivity index (χ1v) is 6.98. The van der Waals surface area contributed by atoms with Crippen LogP contribution >= 0.6 is 0 Å². The molecular formula is C15H24N2O2. The minimum absolute atomic E-state index is 0.00484. The third-order valence-electron chi connectivity index (χ3n) is 3.56. The molecule has 1 saturated heterocycles. The highest BCUT2D eigenvalue weighted by Gasteiger charge is 2.36. The second-order valence-electron chi connectivity index (χ2n) is 6.46. The Labute approximate surface area is 115 Å². The number of amides is 1. The maximum atomic E-state index is 12.5. The van der Waals surface area contributed by atoms with E-state index in [1.54, 1.807) is 18.4 Å². The Bertz CT molecular complexity index is 423. The Hall–Kier alpha value is -1.29. The normalized spacial score (nSPS) is 22.8. The molecule has 1 aliphatic heterocycles. The number of carbonyl (C=O) groups excluding carboxylic acids is 1. The van der Waals surface area contributed by atoms with Crippen LogP contribution < -0.4 is 5.32 Å². The molecule has 1 unspecified atom stereocenters. The molecule has 1 aromatic heterocycles. The average Bonchev–Trinajstić information content (AvgIpc) is 2.83. The first-order chi connectivity index (χ1) is 8.89. The van der Waals surface area contributed by atoms with Crippen LogP contribution in [0.1, 0.15) is 44.7 Å². The summed E-state index contributed by atoms with van der Waals surface area (Å²) in [4.78, 5) is 14.5. The summed E-state index contributed by atoms with van der Waals surface area (Å²) in [6.45, 7) is 10.2. The van der Waals surface area contributed by atoms with Crippen LogP contribution in [-0.4, -0.2) is 35.5 Å². The maximum absolute atomic E-state index is 12.5. The lowest BCUT2D eigenvalue weighted by Gasteiger charge is -2.45. The standard InChI is InChI=1S/C15H24N2O2/c1-11(2)8-12-9-16-15(3,4)10-17(12)14(18)13-6-5-7-19-13/h5-7,11-12,16H,8-10H2,1-4H3. The molecular weight excluding hydrogens is 240 g/mol. The van der Waals surface area contributed by atoms with Gasteiger partial charge in [0.15, 0.2) is 5.76 Å². The molecule has 0 saturated carbocycles. The van der Waals surface area contributed by atoms with Gasteiger partial charge in [-0.3, -0.25) is 4.79 Å². The van der Waals surface area contributed by atoms with Crippen LogP contribution in [0.25, 0.3) is 0 Å². The third-order valence-corrected chi connectivity index (χ3v) is 3.56. The lowest BCUT2D eigenvalue weighted by Crippen LogP contribution is -2.63. The van der Waals surface area contributed by atoms with Gasteiger partial charge in [0.05, 0.1) is 6.26 Å². The van der Waals surface area contributed by atoms with Gasteiger partial charge in [0, 0.05) is 24.7 Å². The van der Waals surface area contributed by atoms with E-state index in [4.69, 9.17) is 4.42 Å². The van der Waals surface area contributed by atoms with Crippen molar-refractivity contribution in [1.29, 1.82) is 0 Å². The van der Waals surface area contributed by atoms with Gasteiger partial charge >= 0.3 is 0 Å². The van der Waals surface area contributed by atoms with Gasteiger partial charge in [-0.25, -0.2) is 0 Å². The fraction of sp³-hybridized carbons (Fsp3) is 0.667. The van der Waals surface area contributed by atoms with Crippen LogP contribution in [0.2, 0.25) is 0 Å². The van der Waals surface area contributed by atoms with E-state index in [1.807, 2.05) is 4.90 Å². The SMILES string of the molecule is CC(C)CC1CNC(C)(C)CN1C(=O)c1ccco1. The predicted octanol–water partition coefficient (Wildman–Crippen LogP) is 2.52. The first-order valence-electron chi connectivity index (χ1n) is 6.98. The van der Waals surface area contributed by atoms with E-state index in [0.717, 1.165) is 13.0 Å². The zero-order valence-corrected chi connectivity index (χ0v) is 12.3. The van der Waals surface area contributed by atoms with Crippen molar-refractivity contribution in [3.8, 4) is 0 Å². The lowest BCUT2D eigenvalue weighted by atomic mass is 9.93. The van der Waals surface area contributed by atoms with Gasteiger partial charge in [-0.15, -0.1) is 0 Å². The molecule has 1 aliphatic rings. The molecule has 106 valence electrons. The zero-order valence-electron chi connectivity index (χ0n) is 12.3. The summed E-state index contributed by atoms with van der Waals surface area (Å²) in [6.07, 6.45) is 2.56. The summed E-state index contributed by atoms with van der Waals surface area (Å²) in [5, 5.41) is 3.52. The van der Waals surface area contributed by atoms with Crippen molar-refractivity contribution in [3.63, 3.8) is 0 Å². The van der Waals surface area contributed by atoms with Gasteiger partial charge < -0.3 is 14.6 Å². The molecule has 2 rings (SSSR count). The summed E-state index contributed by atoms with van der Waals surface area (Å²) < 4.78 is 5.26. The van der Waals surface area contributed by atoms with Crippen molar-refractivity contribution < 1.29 is 9.21 Å². The van der Waals surface area contributed by atoms with Gasteiger partial charge in [0.2, 0.25) is 0 Å². The van der Waals surface area contributed by atoms with Crippen molar-refractivity contribution in [2.24, 2.45) is 5.92 Å². The molecule has 4 nitrogen and oxygen atoms in total. The highest BCUT2D eigenvalue weighted by molar-refractivity contribution is 5.91. The van der Waals surface area contributed by atoms with Crippen LogP contribution in [0.15, 0.2) is 22.8 Å². The molecule has 1 N–H and O–H groups in total. The highest BCUT2D eigenvalue weighted by atomic mass is 16.3. The van der Waals surface area contributed by atoms with Crippen molar-refractivity contribution in [2.45, 2.75) is 45.7 Å². The first kappa shape index (κ1) is 14.1. The second-order valence-corrected chi connectivity index (χ2v) is 6.46. The van der Waals surface area contributed by atoms with E-state index >= 15 is 0 Å². The van der Waals surface area contributed by atoms with E-state index < -0.39 is 0 Å². The molecule has 0 aliphatic carbocycles. The van der Waals surface area contributed by atoms with E-state index in [0.29, 0.717) is 18.2 Å². The number of rotatable bonds is 3. The zero-order chi connectivity index (χ0) is 14.0. The number of nitrogens with one attached hydrogen (secondary N) is 1. The van der Waals surface area contributed by atoms with Gasteiger partial charge in [0.25, 0.3) is 5.91 Å². The maximum Gasteiger partial charge on any atom is 0.289 e. The fourth-order valence-corrected chi connectivity index (χ4v) is 2.65. The van der Waals surface area contributed by atoms with Crippen molar-refractivity contribution >= 4 is 5.91 Å². The van der Waals surface area contributed by atoms with E-state index in [-0.39, 0.29) is 17.5 Å². The summed E-state index contributed by atoms with van der Waals surface area (Å²) in [5.74, 6) is 1.01. The molecule has 2 heterocycles. The number of hydrogen-bond acceptors (Lipinski definition) is 3. The summed E-state index contributed by atoms with van der Waals surface area (Å²) in [5.41, 5.74) is -0.0459. The molecule has 0 spiro atoms. The van der Waals surface area contributed by atoms with Crippen molar-refractivity contribution in [1.82, 2.24) is 10.2 Å². The van der Waals surface area contributed by atoms with Crippen molar-refractivity contribution in [3.05, 3.63) is 24.2 Å². The Morgan fingerprint density at radius 3 is 2.89 bits per heavy atom. The molecule has 1 aromatic rings. The molecule has 0 radical (unpaired) electrons. The van der Waals surface area contributed by atoms with Gasteiger partial charge in [0.1, 0.15) is 0 Å². The number of hydrogen-bond donors (Lipinski definition) is 1. The largest absolute Gasteiger partial charge is 0.459 e. The van der Waals surface area contributed by atoms with Crippen LogP contribution in [0, 0.1) is 5.92 Å². The molecule has 0 aromatic carbocycles. The molecule has 1 atom stereocenters. The molecule has 1 fully saturated rings. The second kappa shape index (κ2) is 5.37. The molecule has 19 heavy (non-hydrogen) atoms. The quantitative estimate of drug-likeness (QED) is 0.912. The minimum atomic E-state index is -0.0459. The van der Waals surface area contributed by atoms with Gasteiger partial charge in [-0.05, 0) is 38.3 Å². The highest BCUT2D eigenvalue weighted by Crippen LogP contribution is 2.22. The van der Waals surface area contributed by atoms with Gasteiger partial charge in [-0.1, -0.05) is 13.8 Å². The third kappa shape index (κ3) is 3.38. The van der Waals surface area contributed by atoms with Crippen LogP contribution in [-0.2, 0) is 0 Å². The van der Waals surface area contributed by atoms with E-state index in [2.05, 4.69) is 33.0 Å². The molecule has 0 bridgehead atoms. The lowest BCUT2D eigenvalue weighted by molar-refractivity contribution is 0.0438. The predicted molar refractivity (Wildman–Crippen MR) is 75.1 cm³/mol. The number of nitrogens with zero attached hydrogens (tertiary/aromatic N) is 1. The van der Waals surface area contributed by atoms with Crippen molar-refractivity contribution in [2.75, 3.05) is 13.1 Å².